The largest absolute Gasteiger partial charge is 0.359 e. The van der Waals surface area contributed by atoms with E-state index in [2.05, 4.69) is 10.1 Å². The van der Waals surface area contributed by atoms with Gasteiger partial charge in [-0.25, -0.2) is 4.79 Å². The van der Waals surface area contributed by atoms with Crippen LogP contribution in [0.5, 0.6) is 0 Å². The molecule has 2 aromatic heterocycles. The predicted molar refractivity (Wildman–Crippen MR) is 56.7 cm³/mol. The molecule has 0 aliphatic carbocycles. The first-order valence-corrected chi connectivity index (χ1v) is 4.85. The van der Waals surface area contributed by atoms with Crippen molar-refractivity contribution in [1.82, 2.24) is 14.7 Å². The number of H-pyrrole nitrogens is 1. The summed E-state index contributed by atoms with van der Waals surface area (Å²) in [5.41, 5.74) is -0.418. The van der Waals surface area contributed by atoms with Crippen LogP contribution >= 0.6 is 11.6 Å². The average Bonchev–Trinajstić information content (AvgIpc) is 2.60. The molecule has 0 bridgehead atoms. The van der Waals surface area contributed by atoms with Crippen LogP contribution in [0.25, 0.3) is 0 Å². The molecule has 0 fully saturated rings. The molecule has 2 rings (SSSR count). The molecule has 6 nitrogen and oxygen atoms in total. The van der Waals surface area contributed by atoms with Crippen molar-refractivity contribution in [2.75, 3.05) is 0 Å². The third kappa shape index (κ3) is 2.06. The maximum atomic E-state index is 11.4. The van der Waals surface area contributed by atoms with Crippen LogP contribution in [0.4, 0.5) is 0 Å². The monoisotopic (exact) mass is 241 g/mol. The van der Waals surface area contributed by atoms with Gasteiger partial charge < -0.3 is 4.52 Å². The third-order valence-corrected chi connectivity index (χ3v) is 2.24. The normalized spacial score (nSPS) is 10.6. The fraction of sp³-hybridized carbons (Fsp3) is 0.222. The van der Waals surface area contributed by atoms with E-state index >= 15 is 0 Å². The van der Waals surface area contributed by atoms with Gasteiger partial charge in [0.05, 0.1) is 12.2 Å². The summed E-state index contributed by atoms with van der Waals surface area (Å²) in [6.45, 7) is 1.95. The van der Waals surface area contributed by atoms with E-state index in [1.807, 2.05) is 0 Å². The fourth-order valence-electron chi connectivity index (χ4n) is 1.26. The Balaban J connectivity index is 2.39. The Kier molecular flexibility index (Phi) is 2.66. The number of rotatable bonds is 2. The maximum absolute atomic E-state index is 11.4. The van der Waals surface area contributed by atoms with Crippen LogP contribution in [0, 0.1) is 6.92 Å². The molecular weight excluding hydrogens is 234 g/mol. The Morgan fingerprint density at radius 3 is 2.94 bits per heavy atom. The number of nitrogens with zero attached hydrogens (tertiary/aromatic N) is 2. The highest BCUT2D eigenvalue weighted by molar-refractivity contribution is 6.30. The van der Waals surface area contributed by atoms with Gasteiger partial charge >= 0.3 is 5.69 Å². The molecule has 0 saturated heterocycles. The molecule has 0 atom stereocenters. The zero-order chi connectivity index (χ0) is 11.7. The minimum Gasteiger partial charge on any atom is -0.359 e. The highest BCUT2D eigenvalue weighted by Gasteiger charge is 2.06. The second kappa shape index (κ2) is 3.97. The topological polar surface area (TPSA) is 80.9 Å². The van der Waals surface area contributed by atoms with Crippen molar-refractivity contribution in [2.24, 2.45) is 0 Å². The SMILES string of the molecule is Cc1cc(Cn2cc(Cl)c(=O)[nH]c2=O)on1. The maximum Gasteiger partial charge on any atom is 0.328 e. The Labute approximate surface area is 94.5 Å². The summed E-state index contributed by atoms with van der Waals surface area (Å²) in [6, 6.07) is 1.70. The molecule has 0 aliphatic rings. The van der Waals surface area contributed by atoms with Crippen molar-refractivity contribution in [3.8, 4) is 0 Å². The number of aromatic amines is 1. The van der Waals surface area contributed by atoms with Gasteiger partial charge in [-0.1, -0.05) is 16.8 Å². The Hall–Kier alpha value is -1.82. The minimum absolute atomic E-state index is 0.0455. The molecule has 2 heterocycles. The van der Waals surface area contributed by atoms with Crippen LogP contribution in [-0.2, 0) is 6.54 Å². The van der Waals surface area contributed by atoms with Gasteiger partial charge in [-0.15, -0.1) is 0 Å². The molecule has 0 spiro atoms. The molecule has 1 N–H and O–H groups in total. The average molecular weight is 242 g/mol. The third-order valence-electron chi connectivity index (χ3n) is 1.97. The van der Waals surface area contributed by atoms with Crippen LogP contribution in [0.3, 0.4) is 0 Å². The van der Waals surface area contributed by atoms with Crippen molar-refractivity contribution in [3.63, 3.8) is 0 Å². The lowest BCUT2D eigenvalue weighted by molar-refractivity contribution is 0.371. The van der Waals surface area contributed by atoms with Gasteiger partial charge in [0.15, 0.2) is 5.76 Å². The number of aryl methyl sites for hydroxylation is 1. The standard InChI is InChI=1S/C9H8ClN3O3/c1-5-2-6(16-12-5)3-13-4-7(10)8(14)11-9(13)15/h2,4H,3H2,1H3,(H,11,14,15). The molecule has 16 heavy (non-hydrogen) atoms. The summed E-state index contributed by atoms with van der Waals surface area (Å²) in [4.78, 5) is 24.5. The first-order chi connectivity index (χ1) is 7.56. The van der Waals surface area contributed by atoms with Crippen molar-refractivity contribution >= 4 is 11.6 Å². The van der Waals surface area contributed by atoms with Crippen LogP contribution in [0.1, 0.15) is 11.5 Å². The van der Waals surface area contributed by atoms with E-state index in [0.717, 1.165) is 5.69 Å². The Morgan fingerprint density at radius 1 is 1.56 bits per heavy atom. The van der Waals surface area contributed by atoms with Gasteiger partial charge in [-0.05, 0) is 6.92 Å². The lowest BCUT2D eigenvalue weighted by atomic mass is 10.4. The van der Waals surface area contributed by atoms with Crippen LogP contribution in [0.2, 0.25) is 5.02 Å². The van der Waals surface area contributed by atoms with Crippen molar-refractivity contribution in [1.29, 1.82) is 0 Å². The van der Waals surface area contributed by atoms with E-state index in [1.54, 1.807) is 13.0 Å². The number of hydrogen-bond donors (Lipinski definition) is 1. The smallest absolute Gasteiger partial charge is 0.328 e. The lowest BCUT2D eigenvalue weighted by Gasteiger charge is -2.01. The number of nitrogens with one attached hydrogen (secondary N) is 1. The van der Waals surface area contributed by atoms with Crippen LogP contribution in [-0.4, -0.2) is 14.7 Å². The van der Waals surface area contributed by atoms with Gasteiger partial charge in [0.1, 0.15) is 5.02 Å². The highest BCUT2D eigenvalue weighted by atomic mass is 35.5. The molecule has 0 radical (unpaired) electrons. The minimum atomic E-state index is -0.600. The summed E-state index contributed by atoms with van der Waals surface area (Å²) < 4.78 is 6.19. The van der Waals surface area contributed by atoms with E-state index in [-0.39, 0.29) is 11.6 Å². The van der Waals surface area contributed by atoms with E-state index in [9.17, 15) is 9.59 Å². The first kappa shape index (κ1) is 10.7. The second-order valence-electron chi connectivity index (χ2n) is 3.30. The quantitative estimate of drug-likeness (QED) is 0.832. The highest BCUT2D eigenvalue weighted by Crippen LogP contribution is 2.04. The van der Waals surface area contributed by atoms with Gasteiger partial charge in [0, 0.05) is 12.3 Å². The Morgan fingerprint density at radius 2 is 2.31 bits per heavy atom. The predicted octanol–water partition coefficient (Wildman–Crippen LogP) is 0.535. The zero-order valence-electron chi connectivity index (χ0n) is 8.36. The molecule has 0 amide bonds. The van der Waals surface area contributed by atoms with Gasteiger partial charge in [-0.3, -0.25) is 14.3 Å². The summed E-state index contributed by atoms with van der Waals surface area (Å²) in [6.07, 6.45) is 1.26. The Bertz CT molecular complexity index is 625. The van der Waals surface area contributed by atoms with Gasteiger partial charge in [-0.2, -0.15) is 0 Å². The molecule has 0 saturated carbocycles. The first-order valence-electron chi connectivity index (χ1n) is 4.48. The number of aromatic nitrogens is 3. The fourth-order valence-corrected chi connectivity index (χ4v) is 1.42. The molecule has 2 aromatic rings. The van der Waals surface area contributed by atoms with E-state index in [0.29, 0.717) is 5.76 Å². The van der Waals surface area contributed by atoms with Crippen LogP contribution < -0.4 is 11.2 Å². The van der Waals surface area contributed by atoms with Crippen molar-refractivity contribution in [3.05, 3.63) is 49.6 Å². The summed E-state index contributed by atoms with van der Waals surface area (Å²) in [7, 11) is 0. The molecule has 0 aliphatic heterocycles. The van der Waals surface area contributed by atoms with Crippen molar-refractivity contribution < 1.29 is 4.52 Å². The van der Waals surface area contributed by atoms with E-state index in [4.69, 9.17) is 16.1 Å². The molecule has 84 valence electrons. The molecule has 0 aromatic carbocycles. The summed E-state index contributed by atoms with van der Waals surface area (Å²) in [5.74, 6) is 0.516. The summed E-state index contributed by atoms with van der Waals surface area (Å²) in [5, 5.41) is 3.64. The van der Waals surface area contributed by atoms with Gasteiger partial charge in [0.25, 0.3) is 5.56 Å². The van der Waals surface area contributed by atoms with E-state index in [1.165, 1.54) is 10.8 Å². The molecule has 7 heteroatoms. The second-order valence-corrected chi connectivity index (χ2v) is 3.71. The van der Waals surface area contributed by atoms with E-state index < -0.39 is 11.2 Å². The lowest BCUT2D eigenvalue weighted by Crippen LogP contribution is -2.29. The number of hydrogen-bond acceptors (Lipinski definition) is 4. The number of halogens is 1. The van der Waals surface area contributed by atoms with Crippen molar-refractivity contribution in [2.45, 2.75) is 13.5 Å². The zero-order valence-corrected chi connectivity index (χ0v) is 9.11. The summed E-state index contributed by atoms with van der Waals surface area (Å²) >= 11 is 5.61. The van der Waals surface area contributed by atoms with Gasteiger partial charge in [0.2, 0.25) is 0 Å². The molecular formula is C9H8ClN3O3. The van der Waals surface area contributed by atoms with Crippen LogP contribution in [0.15, 0.2) is 26.4 Å². The molecule has 0 unspecified atom stereocenters.